The number of carbonyl (C=O) groups is 1. The monoisotopic (exact) mass is 402 g/mol. The number of rotatable bonds is 5. The van der Waals surface area contributed by atoms with E-state index < -0.39 is 0 Å². The van der Waals surface area contributed by atoms with Crippen LogP contribution in [-0.4, -0.2) is 51.6 Å². The number of imidazole rings is 1. The van der Waals surface area contributed by atoms with Crippen LogP contribution in [0, 0.1) is 0 Å². The number of piperazine rings is 1. The summed E-state index contributed by atoms with van der Waals surface area (Å²) in [4.78, 5) is 19.7. The molecule has 0 saturated carbocycles. The molecule has 2 aromatic carbocycles. The number of phenolic OH excluding ortho intramolecular Hbond substituents is 1. The predicted octanol–water partition coefficient (Wildman–Crippen LogP) is 3.48. The van der Waals surface area contributed by atoms with Crippen LogP contribution in [-0.2, 0) is 11.3 Å². The average Bonchev–Trinajstić information content (AvgIpc) is 3.25. The van der Waals surface area contributed by atoms with Gasteiger partial charge in [-0.2, -0.15) is 0 Å². The van der Waals surface area contributed by atoms with Gasteiger partial charge in [0.15, 0.2) is 0 Å². The second-order valence-corrected chi connectivity index (χ2v) is 7.59. The normalized spacial score (nSPS) is 14.4. The molecule has 2 heterocycles. The molecule has 0 radical (unpaired) electrons. The molecule has 0 spiro atoms. The van der Waals surface area contributed by atoms with Crippen LogP contribution in [0.1, 0.15) is 23.6 Å². The molecule has 0 atom stereocenters. The van der Waals surface area contributed by atoms with E-state index in [-0.39, 0.29) is 11.7 Å². The fourth-order valence-corrected chi connectivity index (χ4v) is 3.75. The highest BCUT2D eigenvalue weighted by Gasteiger charge is 2.18. The van der Waals surface area contributed by atoms with Crippen molar-refractivity contribution in [3.05, 3.63) is 77.9 Å². The lowest BCUT2D eigenvalue weighted by Crippen LogP contribution is -2.48. The lowest BCUT2D eigenvalue weighted by atomic mass is 10.1. The number of nitrogens with zero attached hydrogens (tertiary/aromatic N) is 4. The lowest BCUT2D eigenvalue weighted by molar-refractivity contribution is -0.129. The van der Waals surface area contributed by atoms with Crippen LogP contribution in [0.25, 0.3) is 12.2 Å². The van der Waals surface area contributed by atoms with E-state index in [1.165, 1.54) is 5.69 Å². The molecule has 1 aliphatic heterocycles. The SMILES string of the molecule is CC(=O)N1CCN(c2ccc(/C=C/c3cc(O)cc(Cn4ccnc4)c3)cc2)CC1. The molecule has 1 saturated heterocycles. The third-order valence-corrected chi connectivity index (χ3v) is 5.38. The van der Waals surface area contributed by atoms with Crippen molar-refractivity contribution in [2.24, 2.45) is 0 Å². The summed E-state index contributed by atoms with van der Waals surface area (Å²) in [6.45, 7) is 5.56. The molecular formula is C24H26N4O2. The summed E-state index contributed by atoms with van der Waals surface area (Å²) < 4.78 is 1.97. The molecule has 4 rings (SSSR count). The van der Waals surface area contributed by atoms with Gasteiger partial charge < -0.3 is 19.5 Å². The van der Waals surface area contributed by atoms with E-state index in [4.69, 9.17) is 0 Å². The number of anilines is 1. The molecule has 0 unspecified atom stereocenters. The number of amides is 1. The minimum absolute atomic E-state index is 0.148. The third-order valence-electron chi connectivity index (χ3n) is 5.38. The summed E-state index contributed by atoms with van der Waals surface area (Å²) in [7, 11) is 0. The average molecular weight is 402 g/mol. The van der Waals surface area contributed by atoms with E-state index in [0.717, 1.165) is 42.9 Å². The van der Waals surface area contributed by atoms with Gasteiger partial charge in [0.1, 0.15) is 5.75 Å². The number of hydrogen-bond acceptors (Lipinski definition) is 4. The van der Waals surface area contributed by atoms with Gasteiger partial charge in [0, 0.05) is 57.7 Å². The van der Waals surface area contributed by atoms with E-state index in [9.17, 15) is 9.90 Å². The van der Waals surface area contributed by atoms with Crippen LogP contribution in [0.4, 0.5) is 5.69 Å². The van der Waals surface area contributed by atoms with Crippen LogP contribution in [0.15, 0.2) is 61.2 Å². The van der Waals surface area contributed by atoms with Crippen LogP contribution in [0.5, 0.6) is 5.75 Å². The molecule has 1 amide bonds. The predicted molar refractivity (Wildman–Crippen MR) is 119 cm³/mol. The minimum atomic E-state index is 0.148. The van der Waals surface area contributed by atoms with Gasteiger partial charge in [0.25, 0.3) is 0 Å². The Balaban J connectivity index is 1.41. The van der Waals surface area contributed by atoms with Crippen molar-refractivity contribution < 1.29 is 9.90 Å². The van der Waals surface area contributed by atoms with E-state index in [1.54, 1.807) is 31.6 Å². The summed E-state index contributed by atoms with van der Waals surface area (Å²) in [5, 5.41) is 10.1. The van der Waals surface area contributed by atoms with Gasteiger partial charge in [0.05, 0.1) is 6.33 Å². The summed E-state index contributed by atoms with van der Waals surface area (Å²) in [6, 6.07) is 14.0. The molecule has 30 heavy (non-hydrogen) atoms. The van der Waals surface area contributed by atoms with Crippen molar-refractivity contribution in [3.8, 4) is 5.75 Å². The van der Waals surface area contributed by atoms with Gasteiger partial charge in [0.2, 0.25) is 5.91 Å². The van der Waals surface area contributed by atoms with Gasteiger partial charge in [-0.25, -0.2) is 4.98 Å². The number of carbonyl (C=O) groups excluding carboxylic acids is 1. The second-order valence-electron chi connectivity index (χ2n) is 7.59. The maximum absolute atomic E-state index is 11.5. The van der Waals surface area contributed by atoms with E-state index in [2.05, 4.69) is 40.2 Å². The van der Waals surface area contributed by atoms with Crippen LogP contribution in [0.3, 0.4) is 0 Å². The van der Waals surface area contributed by atoms with Gasteiger partial charge >= 0.3 is 0 Å². The first-order valence-corrected chi connectivity index (χ1v) is 10.1. The topological polar surface area (TPSA) is 61.6 Å². The van der Waals surface area contributed by atoms with Crippen LogP contribution in [0.2, 0.25) is 0 Å². The van der Waals surface area contributed by atoms with Crippen LogP contribution >= 0.6 is 0 Å². The molecule has 6 nitrogen and oxygen atoms in total. The molecule has 0 bridgehead atoms. The molecular weight excluding hydrogens is 376 g/mol. The fourth-order valence-electron chi connectivity index (χ4n) is 3.75. The number of aromatic hydroxyl groups is 1. The highest BCUT2D eigenvalue weighted by Crippen LogP contribution is 2.21. The summed E-state index contributed by atoms with van der Waals surface area (Å²) in [6.07, 6.45) is 9.48. The Morgan fingerprint density at radius 3 is 2.43 bits per heavy atom. The highest BCUT2D eigenvalue weighted by atomic mass is 16.3. The number of benzene rings is 2. The van der Waals surface area contributed by atoms with Gasteiger partial charge in [-0.15, -0.1) is 0 Å². The standard InChI is InChI=1S/C24H26N4O2/c1-19(29)27-10-12-28(13-11-27)23-6-4-20(5-7-23)2-3-21-14-22(16-24(30)15-21)17-26-9-8-25-18-26/h2-9,14-16,18,30H,10-13,17H2,1H3/b3-2+. The minimum Gasteiger partial charge on any atom is -0.508 e. The van der Waals surface area contributed by atoms with Gasteiger partial charge in [-0.05, 0) is 47.0 Å². The molecule has 154 valence electrons. The quantitative estimate of drug-likeness (QED) is 0.664. The van der Waals surface area contributed by atoms with Gasteiger partial charge in [-0.3, -0.25) is 4.79 Å². The summed E-state index contributed by atoms with van der Waals surface area (Å²) >= 11 is 0. The summed E-state index contributed by atoms with van der Waals surface area (Å²) in [5.41, 5.74) is 4.25. The van der Waals surface area contributed by atoms with Crippen molar-refractivity contribution in [1.82, 2.24) is 14.5 Å². The first kappa shape index (κ1) is 19.8. The molecule has 6 heteroatoms. The zero-order valence-electron chi connectivity index (χ0n) is 17.1. The zero-order valence-corrected chi connectivity index (χ0v) is 17.1. The van der Waals surface area contributed by atoms with Crippen molar-refractivity contribution in [1.29, 1.82) is 0 Å². The Hall–Kier alpha value is -3.54. The van der Waals surface area contributed by atoms with E-state index in [0.29, 0.717) is 6.54 Å². The fraction of sp³-hybridized carbons (Fsp3) is 0.250. The zero-order chi connectivity index (χ0) is 20.9. The van der Waals surface area contributed by atoms with Crippen molar-refractivity contribution in [2.75, 3.05) is 31.1 Å². The number of phenols is 1. The molecule has 0 aliphatic carbocycles. The lowest BCUT2D eigenvalue weighted by Gasteiger charge is -2.35. The Bertz CT molecular complexity index is 1020. The maximum Gasteiger partial charge on any atom is 0.219 e. The Labute approximate surface area is 176 Å². The Morgan fingerprint density at radius 2 is 1.77 bits per heavy atom. The third kappa shape index (κ3) is 4.89. The first-order valence-electron chi connectivity index (χ1n) is 10.1. The molecule has 1 aromatic heterocycles. The van der Waals surface area contributed by atoms with Crippen LogP contribution < -0.4 is 4.90 Å². The molecule has 1 aliphatic rings. The maximum atomic E-state index is 11.5. The number of hydrogen-bond donors (Lipinski definition) is 1. The van der Waals surface area contributed by atoms with Gasteiger partial charge in [-0.1, -0.05) is 24.3 Å². The van der Waals surface area contributed by atoms with E-state index >= 15 is 0 Å². The number of aromatic nitrogens is 2. The largest absolute Gasteiger partial charge is 0.508 e. The first-order chi connectivity index (χ1) is 14.6. The van der Waals surface area contributed by atoms with Crippen molar-refractivity contribution in [2.45, 2.75) is 13.5 Å². The Morgan fingerprint density at radius 1 is 1.03 bits per heavy atom. The Kier molecular flexibility index (Phi) is 5.84. The highest BCUT2D eigenvalue weighted by molar-refractivity contribution is 5.74. The second kappa shape index (κ2) is 8.86. The smallest absolute Gasteiger partial charge is 0.219 e. The van der Waals surface area contributed by atoms with E-state index in [1.807, 2.05) is 27.8 Å². The van der Waals surface area contributed by atoms with Crippen molar-refractivity contribution >= 4 is 23.7 Å². The molecule has 1 N–H and O–H groups in total. The molecule has 1 fully saturated rings. The van der Waals surface area contributed by atoms with Crippen molar-refractivity contribution in [3.63, 3.8) is 0 Å². The molecule has 3 aromatic rings. The summed E-state index contributed by atoms with van der Waals surface area (Å²) in [5.74, 6) is 0.405.